The monoisotopic (exact) mass is 325 g/mol. The van der Waals surface area contributed by atoms with Crippen molar-refractivity contribution in [1.82, 2.24) is 10.6 Å². The fourth-order valence-electron chi connectivity index (χ4n) is 2.55. The van der Waals surface area contributed by atoms with Gasteiger partial charge in [0.2, 0.25) is 0 Å². The first-order valence-corrected chi connectivity index (χ1v) is 7.95. The summed E-state index contributed by atoms with van der Waals surface area (Å²) in [4.78, 5) is 14.4. The lowest BCUT2D eigenvalue weighted by molar-refractivity contribution is 0.0891. The highest BCUT2D eigenvalue weighted by molar-refractivity contribution is 5.95. The Balaban J connectivity index is 2.31. The Morgan fingerprint density at radius 1 is 1.26 bits per heavy atom. The molecule has 6 heteroatoms. The number of nitrogens with zero attached hydrogens (tertiary/aromatic N) is 1. The van der Waals surface area contributed by atoms with Crippen LogP contribution >= 0.6 is 0 Å². The molecular weight excluding hydrogens is 300 g/mol. The molecule has 0 aromatic heterocycles. The molecule has 0 bridgehead atoms. The lowest BCUT2D eigenvalue weighted by atomic mass is 9.85. The van der Waals surface area contributed by atoms with Crippen LogP contribution in [0.3, 0.4) is 0 Å². The molecule has 1 aliphatic rings. The Kier molecular flexibility index (Phi) is 5.57. The first-order chi connectivity index (χ1) is 10.8. The van der Waals surface area contributed by atoms with E-state index in [1.165, 1.54) is 0 Å². The summed E-state index contributed by atoms with van der Waals surface area (Å²) in [6, 6.07) is 5.68. The molecule has 4 nitrogen and oxygen atoms in total. The van der Waals surface area contributed by atoms with E-state index >= 15 is 0 Å². The van der Waals surface area contributed by atoms with Crippen LogP contribution in [-0.4, -0.2) is 45.1 Å². The van der Waals surface area contributed by atoms with Crippen molar-refractivity contribution in [2.24, 2.45) is 0 Å². The van der Waals surface area contributed by atoms with E-state index in [9.17, 15) is 13.6 Å². The Morgan fingerprint density at radius 3 is 2.48 bits per heavy atom. The molecule has 1 aromatic carbocycles. The minimum Gasteiger partial charge on any atom is -0.369 e. The maximum atomic E-state index is 12.3. The van der Waals surface area contributed by atoms with E-state index in [-0.39, 0.29) is 5.41 Å². The molecule has 23 heavy (non-hydrogen) atoms. The number of amides is 1. The van der Waals surface area contributed by atoms with Crippen molar-refractivity contribution in [3.63, 3.8) is 0 Å². The quantitative estimate of drug-likeness (QED) is 0.893. The molecule has 2 N–H and O–H groups in total. The van der Waals surface area contributed by atoms with Crippen molar-refractivity contribution in [3.8, 4) is 0 Å². The third kappa shape index (κ3) is 4.89. The number of nitrogens with one attached hydrogen (secondary N) is 2. The van der Waals surface area contributed by atoms with E-state index < -0.39 is 18.9 Å². The van der Waals surface area contributed by atoms with E-state index in [4.69, 9.17) is 0 Å². The zero-order valence-corrected chi connectivity index (χ0v) is 14.0. The topological polar surface area (TPSA) is 44.4 Å². The van der Waals surface area contributed by atoms with Crippen molar-refractivity contribution in [1.29, 1.82) is 0 Å². The number of anilines is 1. The van der Waals surface area contributed by atoms with Gasteiger partial charge in [0, 0.05) is 37.4 Å². The largest absolute Gasteiger partial charge is 0.369 e. The third-order valence-electron chi connectivity index (χ3n) is 3.95. The zero-order chi connectivity index (χ0) is 17.0. The lowest BCUT2D eigenvalue weighted by Crippen LogP contribution is -2.43. The fraction of sp³-hybridized carbons (Fsp3) is 0.588. The molecule has 1 heterocycles. The summed E-state index contributed by atoms with van der Waals surface area (Å²) in [5.41, 5.74) is 2.31. The van der Waals surface area contributed by atoms with Gasteiger partial charge in [0.15, 0.2) is 0 Å². The fourth-order valence-corrected chi connectivity index (χ4v) is 2.55. The molecule has 2 rings (SSSR count). The Labute approximate surface area is 136 Å². The molecular formula is C17H25F2N3O. The molecule has 1 saturated heterocycles. The summed E-state index contributed by atoms with van der Waals surface area (Å²) in [6.45, 7) is 9.12. The van der Waals surface area contributed by atoms with Gasteiger partial charge in [-0.25, -0.2) is 8.78 Å². The Hall–Kier alpha value is -1.69. The van der Waals surface area contributed by atoms with Gasteiger partial charge >= 0.3 is 0 Å². The second-order valence-corrected chi connectivity index (χ2v) is 6.86. The standard InChI is InChI=1S/C17H25F2N3O/c1-17(2,3)13-8-12(16(23)21-11-15(18)19)9-14(10-13)22-6-4-20-5-7-22/h8-10,15,20H,4-7,11H2,1-3H3,(H,21,23). The van der Waals surface area contributed by atoms with Gasteiger partial charge in [0.25, 0.3) is 12.3 Å². The summed E-state index contributed by atoms with van der Waals surface area (Å²) in [6.07, 6.45) is -2.54. The van der Waals surface area contributed by atoms with E-state index in [1.807, 2.05) is 0 Å². The van der Waals surface area contributed by atoms with Crippen LogP contribution in [0.1, 0.15) is 36.7 Å². The van der Waals surface area contributed by atoms with E-state index in [0.717, 1.165) is 37.4 Å². The van der Waals surface area contributed by atoms with Crippen LogP contribution in [0.2, 0.25) is 0 Å². The van der Waals surface area contributed by atoms with Gasteiger partial charge in [0.1, 0.15) is 0 Å². The molecule has 128 valence electrons. The summed E-state index contributed by atoms with van der Waals surface area (Å²) in [5.74, 6) is -0.451. The highest BCUT2D eigenvalue weighted by Gasteiger charge is 2.20. The molecule has 0 radical (unpaired) electrons. The Morgan fingerprint density at radius 2 is 1.91 bits per heavy atom. The average molecular weight is 325 g/mol. The number of rotatable bonds is 4. The summed E-state index contributed by atoms with van der Waals surface area (Å²) in [7, 11) is 0. The van der Waals surface area contributed by atoms with Crippen molar-refractivity contribution < 1.29 is 13.6 Å². The minimum absolute atomic E-state index is 0.123. The molecule has 1 aromatic rings. The average Bonchev–Trinajstić information content (AvgIpc) is 2.52. The number of piperazine rings is 1. The summed E-state index contributed by atoms with van der Waals surface area (Å²) in [5, 5.41) is 5.58. The number of hydrogen-bond acceptors (Lipinski definition) is 3. The normalized spacial score (nSPS) is 15.8. The predicted molar refractivity (Wildman–Crippen MR) is 88.6 cm³/mol. The van der Waals surface area contributed by atoms with Gasteiger partial charge in [-0.15, -0.1) is 0 Å². The van der Waals surface area contributed by atoms with Crippen molar-refractivity contribution in [2.45, 2.75) is 32.6 Å². The van der Waals surface area contributed by atoms with Crippen LogP contribution in [-0.2, 0) is 5.41 Å². The molecule has 0 aliphatic carbocycles. The van der Waals surface area contributed by atoms with Crippen molar-refractivity contribution >= 4 is 11.6 Å². The molecule has 0 atom stereocenters. The molecule has 1 fully saturated rings. The van der Waals surface area contributed by atoms with Gasteiger partial charge in [-0.2, -0.15) is 0 Å². The lowest BCUT2D eigenvalue weighted by Gasteiger charge is -2.31. The second-order valence-electron chi connectivity index (χ2n) is 6.86. The van der Waals surface area contributed by atoms with Crippen LogP contribution in [0.15, 0.2) is 18.2 Å². The summed E-state index contributed by atoms with van der Waals surface area (Å²) < 4.78 is 24.6. The number of halogens is 2. The zero-order valence-electron chi connectivity index (χ0n) is 14.0. The van der Waals surface area contributed by atoms with Crippen LogP contribution in [0.4, 0.5) is 14.5 Å². The molecule has 1 aliphatic heterocycles. The summed E-state index contributed by atoms with van der Waals surface area (Å²) >= 11 is 0. The van der Waals surface area contributed by atoms with Crippen LogP contribution in [0.5, 0.6) is 0 Å². The van der Waals surface area contributed by atoms with Gasteiger partial charge in [0.05, 0.1) is 6.54 Å². The number of carbonyl (C=O) groups is 1. The van der Waals surface area contributed by atoms with Gasteiger partial charge < -0.3 is 15.5 Å². The number of carbonyl (C=O) groups excluding carboxylic acids is 1. The maximum absolute atomic E-state index is 12.3. The number of alkyl halides is 2. The third-order valence-corrected chi connectivity index (χ3v) is 3.95. The molecule has 0 unspecified atom stereocenters. The van der Waals surface area contributed by atoms with Crippen LogP contribution in [0.25, 0.3) is 0 Å². The molecule has 0 spiro atoms. The van der Waals surface area contributed by atoms with Crippen molar-refractivity contribution in [3.05, 3.63) is 29.3 Å². The van der Waals surface area contributed by atoms with Gasteiger partial charge in [-0.05, 0) is 29.2 Å². The first-order valence-electron chi connectivity index (χ1n) is 7.95. The Bertz CT molecular complexity index is 549. The second kappa shape index (κ2) is 7.25. The molecule has 0 saturated carbocycles. The molecule has 1 amide bonds. The first kappa shape index (κ1) is 17.7. The van der Waals surface area contributed by atoms with Gasteiger partial charge in [-0.3, -0.25) is 4.79 Å². The highest BCUT2D eigenvalue weighted by atomic mass is 19.3. The smallest absolute Gasteiger partial charge is 0.255 e. The van der Waals surface area contributed by atoms with Crippen LogP contribution < -0.4 is 15.5 Å². The van der Waals surface area contributed by atoms with E-state index in [0.29, 0.717) is 5.56 Å². The minimum atomic E-state index is -2.54. The van der Waals surface area contributed by atoms with E-state index in [2.05, 4.69) is 42.4 Å². The number of benzene rings is 1. The SMILES string of the molecule is CC(C)(C)c1cc(C(=O)NCC(F)F)cc(N2CCNCC2)c1. The predicted octanol–water partition coefficient (Wildman–Crippen LogP) is 2.39. The highest BCUT2D eigenvalue weighted by Crippen LogP contribution is 2.28. The van der Waals surface area contributed by atoms with Gasteiger partial charge in [-0.1, -0.05) is 20.8 Å². The maximum Gasteiger partial charge on any atom is 0.255 e. The van der Waals surface area contributed by atoms with Crippen LogP contribution in [0, 0.1) is 0 Å². The van der Waals surface area contributed by atoms with Crippen molar-refractivity contribution in [2.75, 3.05) is 37.6 Å². The number of hydrogen-bond donors (Lipinski definition) is 2. The van der Waals surface area contributed by atoms with E-state index in [1.54, 1.807) is 12.1 Å².